The molecule has 0 aliphatic carbocycles. The van der Waals surface area contributed by atoms with E-state index in [0.29, 0.717) is 19.0 Å². The van der Waals surface area contributed by atoms with Gasteiger partial charge in [0.1, 0.15) is 0 Å². The largest absolute Gasteiger partial charge is 0.354 e. The summed E-state index contributed by atoms with van der Waals surface area (Å²) < 4.78 is 0. The molecule has 1 amide bonds. The molecule has 0 aliphatic rings. The van der Waals surface area contributed by atoms with E-state index >= 15 is 0 Å². The first-order valence-corrected chi connectivity index (χ1v) is 4.62. The molecule has 13 heavy (non-hydrogen) atoms. The molecular weight excluding hydrogens is 166 g/mol. The molecule has 4 heteroatoms. The second kappa shape index (κ2) is 5.94. The fourth-order valence-electron chi connectivity index (χ4n) is 0.809. The highest BCUT2D eigenvalue weighted by atomic mass is 16.1. The Hall–Kier alpha value is -0.610. The Balaban J connectivity index is 3.58. The highest BCUT2D eigenvalue weighted by molar-refractivity contribution is 5.76. The van der Waals surface area contributed by atoms with Crippen molar-refractivity contribution in [2.24, 2.45) is 5.73 Å². The van der Waals surface area contributed by atoms with Gasteiger partial charge in [-0.3, -0.25) is 4.79 Å². The maximum atomic E-state index is 11.2. The second-order valence-electron chi connectivity index (χ2n) is 3.80. The summed E-state index contributed by atoms with van der Waals surface area (Å²) in [5.41, 5.74) is 5.49. The van der Waals surface area contributed by atoms with Crippen molar-refractivity contribution in [1.82, 2.24) is 10.2 Å². The quantitative estimate of drug-likeness (QED) is 0.626. The molecule has 2 atom stereocenters. The predicted octanol–water partition coefficient (Wildman–Crippen LogP) is -0.210. The van der Waals surface area contributed by atoms with Crippen LogP contribution in [-0.2, 0) is 4.79 Å². The van der Waals surface area contributed by atoms with Crippen molar-refractivity contribution < 1.29 is 4.79 Å². The molecule has 0 fully saturated rings. The van der Waals surface area contributed by atoms with E-state index in [9.17, 15) is 4.79 Å². The molecule has 0 radical (unpaired) electrons. The molecule has 4 nitrogen and oxygen atoms in total. The van der Waals surface area contributed by atoms with E-state index in [2.05, 4.69) is 17.1 Å². The number of hydrogen-bond acceptors (Lipinski definition) is 3. The lowest BCUT2D eigenvalue weighted by Crippen LogP contribution is -2.39. The van der Waals surface area contributed by atoms with Crippen LogP contribution in [0.5, 0.6) is 0 Å². The Labute approximate surface area is 80.5 Å². The molecule has 0 saturated heterocycles. The van der Waals surface area contributed by atoms with E-state index < -0.39 is 0 Å². The minimum absolute atomic E-state index is 0.0312. The lowest BCUT2D eigenvalue weighted by Gasteiger charge is -2.20. The molecule has 0 heterocycles. The van der Waals surface area contributed by atoms with Crippen molar-refractivity contribution in [2.75, 3.05) is 20.6 Å². The highest BCUT2D eigenvalue weighted by Gasteiger charge is 2.08. The minimum atomic E-state index is -0.0605. The number of rotatable bonds is 5. The standard InChI is InChI=1S/C9H21N3O/c1-7(10)5-9(13)11-6-8(2)12(3)4/h7-8H,5-6,10H2,1-4H3,(H,11,13). The average Bonchev–Trinajstić information content (AvgIpc) is 1.98. The zero-order chi connectivity index (χ0) is 10.4. The van der Waals surface area contributed by atoms with E-state index in [4.69, 9.17) is 5.73 Å². The van der Waals surface area contributed by atoms with Gasteiger partial charge in [-0.1, -0.05) is 0 Å². The van der Waals surface area contributed by atoms with Crippen molar-refractivity contribution in [3.63, 3.8) is 0 Å². The van der Waals surface area contributed by atoms with E-state index in [0.717, 1.165) is 0 Å². The zero-order valence-electron chi connectivity index (χ0n) is 9.00. The number of carbonyl (C=O) groups excluding carboxylic acids is 1. The van der Waals surface area contributed by atoms with Crippen molar-refractivity contribution in [3.05, 3.63) is 0 Å². The van der Waals surface area contributed by atoms with E-state index in [-0.39, 0.29) is 11.9 Å². The van der Waals surface area contributed by atoms with Crippen molar-refractivity contribution in [2.45, 2.75) is 32.4 Å². The third-order valence-electron chi connectivity index (χ3n) is 1.98. The third-order valence-corrected chi connectivity index (χ3v) is 1.98. The molecule has 3 N–H and O–H groups in total. The molecule has 0 rings (SSSR count). The Morgan fingerprint density at radius 2 is 2.00 bits per heavy atom. The zero-order valence-corrected chi connectivity index (χ0v) is 9.00. The SMILES string of the molecule is CC(N)CC(=O)NCC(C)N(C)C. The first-order chi connectivity index (χ1) is 5.93. The van der Waals surface area contributed by atoms with Gasteiger partial charge >= 0.3 is 0 Å². The van der Waals surface area contributed by atoms with Gasteiger partial charge in [0.15, 0.2) is 0 Å². The fourth-order valence-corrected chi connectivity index (χ4v) is 0.809. The third kappa shape index (κ3) is 6.54. The van der Waals surface area contributed by atoms with Gasteiger partial charge in [-0.15, -0.1) is 0 Å². The molecular formula is C9H21N3O. The Morgan fingerprint density at radius 1 is 1.46 bits per heavy atom. The summed E-state index contributed by atoms with van der Waals surface area (Å²) in [7, 11) is 3.98. The molecule has 2 unspecified atom stereocenters. The first-order valence-electron chi connectivity index (χ1n) is 4.62. The van der Waals surface area contributed by atoms with Crippen LogP contribution in [0.25, 0.3) is 0 Å². The van der Waals surface area contributed by atoms with Gasteiger partial charge in [0.25, 0.3) is 0 Å². The monoisotopic (exact) mass is 187 g/mol. The molecule has 0 aromatic rings. The average molecular weight is 187 g/mol. The van der Waals surface area contributed by atoms with Crippen LogP contribution in [0.1, 0.15) is 20.3 Å². The summed E-state index contributed by atoms with van der Waals surface area (Å²) in [5, 5.41) is 2.83. The lowest BCUT2D eigenvalue weighted by atomic mass is 10.2. The number of amides is 1. The van der Waals surface area contributed by atoms with Gasteiger partial charge in [0, 0.05) is 25.0 Å². The van der Waals surface area contributed by atoms with Crippen LogP contribution in [-0.4, -0.2) is 43.5 Å². The summed E-state index contributed by atoms with van der Waals surface area (Å²) in [5.74, 6) is 0.0312. The number of nitrogens with two attached hydrogens (primary N) is 1. The van der Waals surface area contributed by atoms with Crippen LogP contribution in [0.2, 0.25) is 0 Å². The Kier molecular flexibility index (Phi) is 5.66. The second-order valence-corrected chi connectivity index (χ2v) is 3.80. The van der Waals surface area contributed by atoms with Gasteiger partial charge in [-0.05, 0) is 27.9 Å². The van der Waals surface area contributed by atoms with E-state index in [1.165, 1.54) is 0 Å². The minimum Gasteiger partial charge on any atom is -0.354 e. The topological polar surface area (TPSA) is 58.4 Å². The number of likely N-dealkylation sites (N-methyl/N-ethyl adjacent to an activating group) is 1. The summed E-state index contributed by atoms with van der Waals surface area (Å²) in [6.07, 6.45) is 0.403. The molecule has 0 aromatic heterocycles. The number of carbonyl (C=O) groups is 1. The Morgan fingerprint density at radius 3 is 2.38 bits per heavy atom. The van der Waals surface area contributed by atoms with E-state index in [1.54, 1.807) is 0 Å². The maximum Gasteiger partial charge on any atom is 0.221 e. The van der Waals surface area contributed by atoms with Crippen molar-refractivity contribution in [3.8, 4) is 0 Å². The van der Waals surface area contributed by atoms with Gasteiger partial charge < -0.3 is 16.0 Å². The Bertz CT molecular complexity index is 157. The molecule has 78 valence electrons. The van der Waals surface area contributed by atoms with Crippen LogP contribution in [0, 0.1) is 0 Å². The van der Waals surface area contributed by atoms with Crippen LogP contribution >= 0.6 is 0 Å². The molecule has 0 saturated carbocycles. The summed E-state index contributed by atoms with van der Waals surface area (Å²) >= 11 is 0. The normalized spacial score (nSPS) is 15.5. The molecule has 0 aliphatic heterocycles. The lowest BCUT2D eigenvalue weighted by molar-refractivity contribution is -0.121. The first kappa shape index (κ1) is 12.4. The predicted molar refractivity (Wildman–Crippen MR) is 54.4 cm³/mol. The van der Waals surface area contributed by atoms with Gasteiger partial charge in [-0.2, -0.15) is 0 Å². The van der Waals surface area contributed by atoms with Gasteiger partial charge in [0.05, 0.1) is 0 Å². The van der Waals surface area contributed by atoms with Crippen LogP contribution in [0.4, 0.5) is 0 Å². The number of nitrogens with one attached hydrogen (secondary N) is 1. The fraction of sp³-hybridized carbons (Fsp3) is 0.889. The smallest absolute Gasteiger partial charge is 0.221 e. The van der Waals surface area contributed by atoms with Crippen molar-refractivity contribution in [1.29, 1.82) is 0 Å². The summed E-state index contributed by atoms with van der Waals surface area (Å²) in [4.78, 5) is 13.2. The van der Waals surface area contributed by atoms with Crippen LogP contribution < -0.4 is 11.1 Å². The van der Waals surface area contributed by atoms with Gasteiger partial charge in [0.2, 0.25) is 5.91 Å². The van der Waals surface area contributed by atoms with Crippen LogP contribution in [0.3, 0.4) is 0 Å². The highest BCUT2D eigenvalue weighted by Crippen LogP contribution is 1.90. The number of hydrogen-bond donors (Lipinski definition) is 2. The molecule has 0 bridgehead atoms. The molecule has 0 aromatic carbocycles. The summed E-state index contributed by atoms with van der Waals surface area (Å²) in [6, 6.07) is 0.298. The maximum absolute atomic E-state index is 11.2. The van der Waals surface area contributed by atoms with Crippen molar-refractivity contribution >= 4 is 5.91 Å². The summed E-state index contributed by atoms with van der Waals surface area (Å²) in [6.45, 7) is 4.57. The number of nitrogens with zero attached hydrogens (tertiary/aromatic N) is 1. The molecule has 0 spiro atoms. The van der Waals surface area contributed by atoms with Crippen LogP contribution in [0.15, 0.2) is 0 Å². The van der Waals surface area contributed by atoms with Gasteiger partial charge in [-0.25, -0.2) is 0 Å². The van der Waals surface area contributed by atoms with E-state index in [1.807, 2.05) is 21.0 Å².